The lowest BCUT2D eigenvalue weighted by Crippen LogP contribution is -2.57. The maximum atomic E-state index is 15.9. The Morgan fingerprint density at radius 2 is 1.84 bits per heavy atom. The Hall–Kier alpha value is -3.24. The van der Waals surface area contributed by atoms with Crippen molar-refractivity contribution in [1.82, 2.24) is 4.90 Å². The highest BCUT2D eigenvalue weighted by molar-refractivity contribution is 6.24. The molecule has 0 saturated carbocycles. The van der Waals surface area contributed by atoms with Gasteiger partial charge >= 0.3 is 0 Å². The molecule has 1 unspecified atom stereocenters. The average Bonchev–Trinajstić information content (AvgIpc) is 2.81. The minimum absolute atomic E-state index is 0.0179. The van der Waals surface area contributed by atoms with E-state index in [0.717, 1.165) is 13.0 Å². The molecule has 9 nitrogen and oxygen atoms in total. The van der Waals surface area contributed by atoms with Crippen LogP contribution in [0.3, 0.4) is 0 Å². The summed E-state index contributed by atoms with van der Waals surface area (Å²) in [6, 6.07) is 1.33. The highest BCUT2D eigenvalue weighted by Gasteiger charge is 2.59. The number of carbonyl (C=O) groups is 3. The number of nitrogens with zero attached hydrogens (tertiary/aromatic N) is 1. The van der Waals surface area contributed by atoms with Gasteiger partial charge in [0.25, 0.3) is 5.91 Å². The zero-order valence-corrected chi connectivity index (χ0v) is 22.0. The molecule has 3 atom stereocenters. The quantitative estimate of drug-likeness (QED) is 0.336. The number of phenols is 1. The summed E-state index contributed by atoms with van der Waals surface area (Å²) in [6.45, 7) is 9.17. The molecule has 0 bridgehead atoms. The number of fused-ring (bicyclic) bond motifs is 3. The van der Waals surface area contributed by atoms with E-state index < -0.39 is 63.6 Å². The normalized spacial score (nSPS) is 25.3. The largest absolute Gasteiger partial charge is 0.511 e. The van der Waals surface area contributed by atoms with Gasteiger partial charge < -0.3 is 26.2 Å². The van der Waals surface area contributed by atoms with Gasteiger partial charge in [0.15, 0.2) is 11.4 Å². The minimum Gasteiger partial charge on any atom is -0.511 e. The van der Waals surface area contributed by atoms with E-state index in [-0.39, 0.29) is 54.1 Å². The smallest absolute Gasteiger partial charge is 0.255 e. The summed E-state index contributed by atoms with van der Waals surface area (Å²) in [4.78, 5) is 40.4. The number of carbonyl (C=O) groups excluding carboxylic acids is 3. The van der Waals surface area contributed by atoms with Crippen LogP contribution in [0, 0.1) is 23.6 Å². The van der Waals surface area contributed by atoms with Gasteiger partial charge in [-0.2, -0.15) is 0 Å². The number of allylic oxidation sites excluding steroid dienone is 2. The monoisotopic (exact) mass is 530 g/mol. The number of nitrogens with two attached hydrogens (primary N) is 1. The van der Waals surface area contributed by atoms with Crippen LogP contribution in [0.15, 0.2) is 28.7 Å². The maximum Gasteiger partial charge on any atom is 0.255 e. The first-order chi connectivity index (χ1) is 17.7. The number of amides is 1. The molecule has 3 aliphatic rings. The first kappa shape index (κ1) is 27.8. The van der Waals surface area contributed by atoms with Gasteiger partial charge in [0.05, 0.1) is 5.56 Å². The van der Waals surface area contributed by atoms with E-state index in [4.69, 9.17) is 5.73 Å². The highest BCUT2D eigenvalue weighted by Crippen LogP contribution is 2.51. The second kappa shape index (κ2) is 9.81. The third-order valence-corrected chi connectivity index (χ3v) is 8.17. The molecular weight excluding hydrogens is 495 g/mol. The zero-order valence-electron chi connectivity index (χ0n) is 22.0. The molecule has 0 aromatic heterocycles. The number of primary amides is 1. The van der Waals surface area contributed by atoms with Crippen molar-refractivity contribution in [3.05, 3.63) is 51.2 Å². The number of hydrogen-bond acceptors (Lipinski definition) is 8. The molecule has 1 amide bonds. The number of aromatic hydroxyl groups is 1. The SMILES string of the molecule is CC(C)CCN(Cc1cc(O)c2c(c1F)CC1C[C@H]3CC(O)=C(C(N)=O)C(=O)[C@@]3(O)C(O)=C1C2=O)C(C)C. The lowest BCUT2D eigenvalue weighted by Gasteiger charge is -2.45. The van der Waals surface area contributed by atoms with E-state index >= 15 is 4.39 Å². The first-order valence-corrected chi connectivity index (χ1v) is 12.9. The average molecular weight is 531 g/mol. The number of benzene rings is 1. The summed E-state index contributed by atoms with van der Waals surface area (Å²) in [5.41, 5.74) is 1.37. The van der Waals surface area contributed by atoms with E-state index in [0.29, 0.717) is 5.92 Å². The molecule has 1 aromatic carbocycles. The maximum absolute atomic E-state index is 15.9. The van der Waals surface area contributed by atoms with Crippen LogP contribution in [0.25, 0.3) is 0 Å². The molecule has 10 heteroatoms. The number of hydrogen-bond donors (Lipinski definition) is 5. The van der Waals surface area contributed by atoms with Gasteiger partial charge in [0.1, 0.15) is 28.7 Å². The van der Waals surface area contributed by atoms with Gasteiger partial charge in [-0.3, -0.25) is 19.3 Å². The van der Waals surface area contributed by atoms with Crippen LogP contribution >= 0.6 is 0 Å². The number of aliphatic hydroxyl groups is 3. The highest BCUT2D eigenvalue weighted by atomic mass is 19.1. The fraction of sp³-hybridized carbons (Fsp3) is 0.536. The van der Waals surface area contributed by atoms with Crippen molar-refractivity contribution in [1.29, 1.82) is 0 Å². The minimum atomic E-state index is -2.64. The van der Waals surface area contributed by atoms with Gasteiger partial charge in [-0.15, -0.1) is 0 Å². The zero-order chi connectivity index (χ0) is 28.3. The molecule has 1 aromatic rings. The molecule has 3 aliphatic carbocycles. The molecule has 0 radical (unpaired) electrons. The Morgan fingerprint density at radius 3 is 2.42 bits per heavy atom. The summed E-state index contributed by atoms with van der Waals surface area (Å²) < 4.78 is 15.9. The standard InChI is InChI=1S/C28H35FN2O7/c1-12(2)5-6-31(13(3)4)11-15-9-18(32)21-17(23(15)29)8-14-7-16-10-19(33)22(27(30)37)26(36)28(16,38)25(35)20(14)24(21)34/h9,12-14,16,32-33,35,38H,5-8,10-11H2,1-4H3,(H2,30,37)/t14?,16-,28-/m0/s1. The summed E-state index contributed by atoms with van der Waals surface area (Å²) in [6.07, 6.45) is 0.476. The second-order valence-corrected chi connectivity index (χ2v) is 11.4. The van der Waals surface area contributed by atoms with Crippen molar-refractivity contribution in [3.63, 3.8) is 0 Å². The summed E-state index contributed by atoms with van der Waals surface area (Å²) >= 11 is 0. The topological polar surface area (TPSA) is 161 Å². The predicted molar refractivity (Wildman–Crippen MR) is 136 cm³/mol. The van der Waals surface area contributed by atoms with Gasteiger partial charge in [-0.1, -0.05) is 13.8 Å². The van der Waals surface area contributed by atoms with E-state index in [1.54, 1.807) is 0 Å². The lowest BCUT2D eigenvalue weighted by atomic mass is 9.60. The summed E-state index contributed by atoms with van der Waals surface area (Å²) in [7, 11) is 0. The Morgan fingerprint density at radius 1 is 1.18 bits per heavy atom. The Kier molecular flexibility index (Phi) is 7.18. The van der Waals surface area contributed by atoms with Gasteiger partial charge in [0, 0.05) is 41.6 Å². The van der Waals surface area contributed by atoms with Gasteiger partial charge in [-0.05, 0) is 57.6 Å². The molecule has 38 heavy (non-hydrogen) atoms. The van der Waals surface area contributed by atoms with Crippen LogP contribution in [-0.4, -0.2) is 61.0 Å². The van der Waals surface area contributed by atoms with Crippen LogP contribution < -0.4 is 5.73 Å². The Labute approximate surface area is 220 Å². The molecule has 0 saturated heterocycles. The van der Waals surface area contributed by atoms with Crippen molar-refractivity contribution in [2.75, 3.05) is 6.54 Å². The fourth-order valence-corrected chi connectivity index (χ4v) is 6.00. The fourth-order valence-electron chi connectivity index (χ4n) is 6.00. The summed E-state index contributed by atoms with van der Waals surface area (Å²) in [5, 5.41) is 43.4. The Balaban J connectivity index is 1.76. The van der Waals surface area contributed by atoms with Crippen LogP contribution in [0.5, 0.6) is 5.75 Å². The van der Waals surface area contributed by atoms with Crippen molar-refractivity contribution in [2.24, 2.45) is 23.5 Å². The number of rotatable bonds is 7. The van der Waals surface area contributed by atoms with Crippen LogP contribution in [0.2, 0.25) is 0 Å². The van der Waals surface area contributed by atoms with Crippen molar-refractivity contribution in [3.8, 4) is 5.75 Å². The van der Waals surface area contributed by atoms with E-state index in [1.807, 2.05) is 13.8 Å². The van der Waals surface area contributed by atoms with Gasteiger partial charge in [-0.25, -0.2) is 4.39 Å². The number of phenolic OH excluding ortho intramolecular Hbond substituents is 1. The molecule has 4 rings (SSSR count). The molecule has 206 valence electrons. The molecule has 0 heterocycles. The molecule has 6 N–H and O–H groups in total. The van der Waals surface area contributed by atoms with E-state index in [1.165, 1.54) is 6.07 Å². The Bertz CT molecular complexity index is 1280. The third kappa shape index (κ3) is 4.29. The number of aliphatic hydroxyl groups excluding tert-OH is 2. The number of halogens is 1. The predicted octanol–water partition coefficient (Wildman–Crippen LogP) is 2.98. The van der Waals surface area contributed by atoms with Crippen LogP contribution in [0.4, 0.5) is 4.39 Å². The first-order valence-electron chi connectivity index (χ1n) is 12.9. The number of ketones is 2. The second-order valence-electron chi connectivity index (χ2n) is 11.4. The van der Waals surface area contributed by atoms with Crippen molar-refractivity contribution in [2.45, 2.75) is 71.6 Å². The van der Waals surface area contributed by atoms with E-state index in [9.17, 15) is 34.8 Å². The number of Topliss-reactive ketones (excluding diaryl/α,β-unsaturated/α-hetero) is 2. The van der Waals surface area contributed by atoms with Crippen LogP contribution in [0.1, 0.15) is 68.4 Å². The molecular formula is C28H35FN2O7. The summed E-state index contributed by atoms with van der Waals surface area (Å²) in [5.74, 6) is -7.44. The molecule has 0 aliphatic heterocycles. The van der Waals surface area contributed by atoms with Crippen molar-refractivity contribution >= 4 is 17.5 Å². The molecule has 0 fully saturated rings. The van der Waals surface area contributed by atoms with Crippen LogP contribution in [-0.2, 0) is 22.6 Å². The van der Waals surface area contributed by atoms with Crippen molar-refractivity contribution < 1.29 is 39.2 Å². The molecule has 0 spiro atoms. The lowest BCUT2D eigenvalue weighted by molar-refractivity contribution is -0.144. The third-order valence-electron chi connectivity index (χ3n) is 8.17. The van der Waals surface area contributed by atoms with Gasteiger partial charge in [0.2, 0.25) is 5.78 Å². The van der Waals surface area contributed by atoms with E-state index in [2.05, 4.69) is 18.7 Å².